The number of benzene rings is 1. The second kappa shape index (κ2) is 3.59. The molecule has 0 radical (unpaired) electrons. The van der Waals surface area contributed by atoms with Crippen molar-refractivity contribution < 1.29 is 4.52 Å². The van der Waals surface area contributed by atoms with Crippen LogP contribution >= 0.6 is 0 Å². The molecule has 0 saturated carbocycles. The summed E-state index contributed by atoms with van der Waals surface area (Å²) in [5.74, 6) is 0.677. The van der Waals surface area contributed by atoms with Crippen LogP contribution in [0.1, 0.15) is 11.1 Å². The molecule has 0 aliphatic heterocycles. The van der Waals surface area contributed by atoms with E-state index in [9.17, 15) is 0 Å². The fourth-order valence-corrected chi connectivity index (χ4v) is 1.37. The maximum Gasteiger partial charge on any atom is 0.187 e. The van der Waals surface area contributed by atoms with Crippen LogP contribution in [0.5, 0.6) is 0 Å². The molecule has 0 amide bonds. The summed E-state index contributed by atoms with van der Waals surface area (Å²) in [5, 5.41) is 7.05. The van der Waals surface area contributed by atoms with Crippen molar-refractivity contribution in [1.29, 1.82) is 0 Å². The largest absolute Gasteiger partial charge is 0.337 e. The quantitative estimate of drug-likeness (QED) is 0.777. The average Bonchev–Trinajstić information content (AvgIpc) is 2.70. The highest BCUT2D eigenvalue weighted by Gasteiger charge is 2.04. The van der Waals surface area contributed by atoms with E-state index in [2.05, 4.69) is 10.4 Å². The second-order valence-corrected chi connectivity index (χ2v) is 3.13. The molecular formula is C10H11N3O. The lowest BCUT2D eigenvalue weighted by Crippen LogP contribution is -1.98. The summed E-state index contributed by atoms with van der Waals surface area (Å²) in [6.45, 7) is 2.58. The minimum Gasteiger partial charge on any atom is -0.337 e. The van der Waals surface area contributed by atoms with Crippen LogP contribution in [0, 0.1) is 6.92 Å². The molecule has 4 heteroatoms. The molecule has 1 aromatic carbocycles. The molecule has 0 fully saturated rings. The highest BCUT2D eigenvalue weighted by atomic mass is 16.5. The topological polar surface area (TPSA) is 64.9 Å². The van der Waals surface area contributed by atoms with E-state index < -0.39 is 0 Å². The third kappa shape index (κ3) is 1.52. The van der Waals surface area contributed by atoms with Gasteiger partial charge in [-0.25, -0.2) is 0 Å². The van der Waals surface area contributed by atoms with E-state index in [1.807, 2.05) is 25.1 Å². The van der Waals surface area contributed by atoms with Crippen molar-refractivity contribution in [2.75, 3.05) is 0 Å². The molecule has 1 aromatic heterocycles. The number of nitrogens with zero attached hydrogens (tertiary/aromatic N) is 2. The van der Waals surface area contributed by atoms with Crippen molar-refractivity contribution in [3.8, 4) is 11.3 Å². The van der Waals surface area contributed by atoms with Gasteiger partial charge < -0.3 is 10.3 Å². The zero-order valence-electron chi connectivity index (χ0n) is 7.90. The van der Waals surface area contributed by atoms with Crippen LogP contribution in [-0.2, 0) is 6.54 Å². The van der Waals surface area contributed by atoms with E-state index in [1.54, 1.807) is 6.20 Å². The van der Waals surface area contributed by atoms with Crippen molar-refractivity contribution >= 4 is 0 Å². The van der Waals surface area contributed by atoms with Crippen molar-refractivity contribution in [2.24, 2.45) is 5.73 Å². The van der Waals surface area contributed by atoms with Crippen LogP contribution in [-0.4, -0.2) is 10.4 Å². The molecule has 2 rings (SSSR count). The maximum absolute atomic E-state index is 5.57. The predicted octanol–water partition coefficient (Wildman–Crippen LogP) is 1.50. The first kappa shape index (κ1) is 8.90. The Bertz CT molecular complexity index is 423. The van der Waals surface area contributed by atoms with Gasteiger partial charge in [0, 0.05) is 17.4 Å². The summed E-state index contributed by atoms with van der Waals surface area (Å²) < 4.78 is 4.96. The lowest BCUT2D eigenvalue weighted by atomic mass is 10.0. The molecule has 72 valence electrons. The van der Waals surface area contributed by atoms with Gasteiger partial charge in [0.25, 0.3) is 0 Å². The number of aromatic nitrogens is 2. The highest BCUT2D eigenvalue weighted by molar-refractivity contribution is 5.57. The normalized spacial score (nSPS) is 10.4. The van der Waals surface area contributed by atoms with Gasteiger partial charge in [-0.15, -0.1) is 5.10 Å². The standard InChI is InChI=1S/C10H11N3O/c1-7-4-8(2-3-9(7)5-11)10-6-12-13-14-10/h2-4,6H,5,11H2,1H3. The fraction of sp³-hybridized carbons (Fsp3) is 0.200. The number of rotatable bonds is 2. The van der Waals surface area contributed by atoms with Gasteiger partial charge in [0.15, 0.2) is 5.76 Å². The summed E-state index contributed by atoms with van der Waals surface area (Å²) in [6.07, 6.45) is 1.59. The Labute approximate surface area is 81.7 Å². The molecular weight excluding hydrogens is 178 g/mol. The summed E-state index contributed by atoms with van der Waals surface area (Å²) in [7, 11) is 0. The molecule has 0 bridgehead atoms. The summed E-state index contributed by atoms with van der Waals surface area (Å²) in [5.41, 5.74) is 8.84. The zero-order valence-corrected chi connectivity index (χ0v) is 7.90. The lowest BCUT2D eigenvalue weighted by molar-refractivity contribution is 0.403. The van der Waals surface area contributed by atoms with E-state index in [-0.39, 0.29) is 0 Å². The third-order valence-corrected chi connectivity index (χ3v) is 2.21. The average molecular weight is 189 g/mol. The van der Waals surface area contributed by atoms with Crippen molar-refractivity contribution in [2.45, 2.75) is 13.5 Å². The van der Waals surface area contributed by atoms with Crippen LogP contribution in [0.25, 0.3) is 11.3 Å². The number of hydrogen-bond donors (Lipinski definition) is 1. The van der Waals surface area contributed by atoms with Gasteiger partial charge in [-0.1, -0.05) is 12.1 Å². The molecule has 0 unspecified atom stereocenters. The molecule has 0 spiro atoms. The number of hydrogen-bond acceptors (Lipinski definition) is 4. The Morgan fingerprint density at radius 2 is 2.29 bits per heavy atom. The summed E-state index contributed by atoms with van der Waals surface area (Å²) in [4.78, 5) is 0. The van der Waals surface area contributed by atoms with Crippen molar-refractivity contribution in [3.05, 3.63) is 35.5 Å². The van der Waals surface area contributed by atoms with Crippen LogP contribution < -0.4 is 5.73 Å². The van der Waals surface area contributed by atoms with E-state index in [0.29, 0.717) is 12.3 Å². The van der Waals surface area contributed by atoms with E-state index in [4.69, 9.17) is 10.3 Å². The van der Waals surface area contributed by atoms with Crippen LogP contribution in [0.2, 0.25) is 0 Å². The molecule has 0 atom stereocenters. The summed E-state index contributed by atoms with van der Waals surface area (Å²) >= 11 is 0. The minimum absolute atomic E-state index is 0.556. The fourth-order valence-electron chi connectivity index (χ4n) is 1.37. The lowest BCUT2D eigenvalue weighted by Gasteiger charge is -2.03. The Kier molecular flexibility index (Phi) is 2.28. The Morgan fingerprint density at radius 3 is 2.86 bits per heavy atom. The van der Waals surface area contributed by atoms with Gasteiger partial charge in [-0.3, -0.25) is 0 Å². The van der Waals surface area contributed by atoms with Gasteiger partial charge in [-0.2, -0.15) is 0 Å². The van der Waals surface area contributed by atoms with Crippen molar-refractivity contribution in [1.82, 2.24) is 10.4 Å². The third-order valence-electron chi connectivity index (χ3n) is 2.21. The van der Waals surface area contributed by atoms with Gasteiger partial charge in [0.2, 0.25) is 0 Å². The monoisotopic (exact) mass is 189 g/mol. The van der Waals surface area contributed by atoms with Crippen LogP contribution in [0.15, 0.2) is 28.9 Å². The molecule has 4 nitrogen and oxygen atoms in total. The van der Waals surface area contributed by atoms with Gasteiger partial charge >= 0.3 is 0 Å². The zero-order chi connectivity index (χ0) is 9.97. The molecule has 0 saturated heterocycles. The SMILES string of the molecule is Cc1cc(-c2cnno2)ccc1CN. The molecule has 0 aliphatic rings. The van der Waals surface area contributed by atoms with E-state index in [1.165, 1.54) is 0 Å². The molecule has 1 heterocycles. The first-order valence-corrected chi connectivity index (χ1v) is 4.38. The Morgan fingerprint density at radius 1 is 1.43 bits per heavy atom. The van der Waals surface area contributed by atoms with Gasteiger partial charge in [-0.05, 0) is 24.1 Å². The molecule has 0 aliphatic carbocycles. The van der Waals surface area contributed by atoms with E-state index in [0.717, 1.165) is 16.7 Å². The number of aryl methyl sites for hydroxylation is 1. The second-order valence-electron chi connectivity index (χ2n) is 3.13. The summed E-state index contributed by atoms with van der Waals surface area (Å²) in [6, 6.07) is 5.97. The minimum atomic E-state index is 0.556. The highest BCUT2D eigenvalue weighted by Crippen LogP contribution is 2.20. The van der Waals surface area contributed by atoms with Crippen LogP contribution in [0.4, 0.5) is 0 Å². The van der Waals surface area contributed by atoms with Gasteiger partial charge in [0.1, 0.15) is 0 Å². The Hall–Kier alpha value is -1.68. The first-order valence-electron chi connectivity index (χ1n) is 4.38. The molecule has 2 N–H and O–H groups in total. The molecule has 2 aromatic rings. The smallest absolute Gasteiger partial charge is 0.187 e. The van der Waals surface area contributed by atoms with E-state index >= 15 is 0 Å². The first-order chi connectivity index (χ1) is 6.81. The van der Waals surface area contributed by atoms with Crippen LogP contribution in [0.3, 0.4) is 0 Å². The molecule has 14 heavy (non-hydrogen) atoms. The predicted molar refractivity (Wildman–Crippen MR) is 52.4 cm³/mol. The van der Waals surface area contributed by atoms with Crippen molar-refractivity contribution in [3.63, 3.8) is 0 Å². The number of nitrogens with two attached hydrogens (primary N) is 1. The maximum atomic E-state index is 5.57. The Balaban J connectivity index is 2.43. The van der Waals surface area contributed by atoms with Gasteiger partial charge in [0.05, 0.1) is 6.20 Å².